The highest BCUT2D eigenvalue weighted by Crippen LogP contribution is 2.39. The van der Waals surface area contributed by atoms with E-state index in [9.17, 15) is 4.79 Å². The minimum Gasteiger partial charge on any atom is -0.366 e. The van der Waals surface area contributed by atoms with Crippen molar-refractivity contribution in [3.63, 3.8) is 0 Å². The lowest BCUT2D eigenvalue weighted by atomic mass is 9.80. The summed E-state index contributed by atoms with van der Waals surface area (Å²) in [6.45, 7) is 6.25. The summed E-state index contributed by atoms with van der Waals surface area (Å²) in [5.74, 6) is -0.182. The number of fused-ring (bicyclic) bond motifs is 1. The average molecular weight is 263 g/mol. The molecular formula is C18H17NO. The van der Waals surface area contributed by atoms with E-state index in [1.54, 1.807) is 0 Å². The minimum absolute atomic E-state index is 0.217. The van der Waals surface area contributed by atoms with E-state index in [0.29, 0.717) is 5.57 Å². The zero-order valence-corrected chi connectivity index (χ0v) is 11.5. The molecule has 0 aromatic heterocycles. The van der Waals surface area contributed by atoms with Crippen LogP contribution in [0.2, 0.25) is 0 Å². The number of primary amides is 1. The van der Waals surface area contributed by atoms with Gasteiger partial charge in [0.1, 0.15) is 0 Å². The molecule has 3 rings (SSSR count). The summed E-state index contributed by atoms with van der Waals surface area (Å²) in [7, 11) is 0. The van der Waals surface area contributed by atoms with Gasteiger partial charge in [-0.25, -0.2) is 0 Å². The average Bonchev–Trinajstić information content (AvgIpc) is 2.89. The van der Waals surface area contributed by atoms with Crippen molar-refractivity contribution in [1.82, 2.24) is 0 Å². The number of allylic oxidation sites excluding steroid dienone is 4. The molecule has 2 nitrogen and oxygen atoms in total. The smallest absolute Gasteiger partial charge is 0.249 e. The van der Waals surface area contributed by atoms with Crippen LogP contribution in [0.4, 0.5) is 0 Å². The van der Waals surface area contributed by atoms with Crippen molar-refractivity contribution in [1.29, 1.82) is 0 Å². The molecule has 1 atom stereocenters. The summed E-state index contributed by atoms with van der Waals surface area (Å²) >= 11 is 0. The normalized spacial score (nSPS) is 20.4. The van der Waals surface area contributed by atoms with Crippen molar-refractivity contribution in [2.75, 3.05) is 0 Å². The van der Waals surface area contributed by atoms with E-state index in [1.165, 1.54) is 11.1 Å². The Morgan fingerprint density at radius 2 is 2.15 bits per heavy atom. The van der Waals surface area contributed by atoms with E-state index in [1.807, 2.05) is 24.3 Å². The van der Waals surface area contributed by atoms with E-state index in [2.05, 4.69) is 31.7 Å². The summed E-state index contributed by atoms with van der Waals surface area (Å²) in [6.07, 6.45) is 9.01. The summed E-state index contributed by atoms with van der Waals surface area (Å²) in [6, 6.07) is 6.20. The summed E-state index contributed by atoms with van der Waals surface area (Å²) in [5.41, 5.74) is 11.5. The zero-order chi connectivity index (χ0) is 14.3. The summed E-state index contributed by atoms with van der Waals surface area (Å²) < 4.78 is 0. The minimum atomic E-state index is -0.399. The SMILES string of the molecule is C=C1C(c2cccc3c2C=CC3)=C(C(N)=O)C=CC1C. The first-order valence-corrected chi connectivity index (χ1v) is 6.80. The molecule has 1 aromatic carbocycles. The van der Waals surface area contributed by atoms with E-state index in [0.717, 1.165) is 23.1 Å². The monoisotopic (exact) mass is 263 g/mol. The number of carbonyl (C=O) groups excluding carboxylic acids is 1. The van der Waals surface area contributed by atoms with Gasteiger partial charge in [0.15, 0.2) is 0 Å². The molecule has 0 heterocycles. The maximum Gasteiger partial charge on any atom is 0.249 e. The molecule has 2 heteroatoms. The fourth-order valence-electron chi connectivity index (χ4n) is 2.87. The van der Waals surface area contributed by atoms with Gasteiger partial charge < -0.3 is 5.73 Å². The molecule has 0 fully saturated rings. The number of nitrogens with two attached hydrogens (primary N) is 1. The van der Waals surface area contributed by atoms with Crippen LogP contribution >= 0.6 is 0 Å². The topological polar surface area (TPSA) is 43.1 Å². The third-order valence-electron chi connectivity index (χ3n) is 4.05. The Morgan fingerprint density at radius 3 is 2.90 bits per heavy atom. The van der Waals surface area contributed by atoms with Crippen molar-refractivity contribution in [3.05, 3.63) is 70.8 Å². The van der Waals surface area contributed by atoms with E-state index < -0.39 is 5.91 Å². The van der Waals surface area contributed by atoms with Gasteiger partial charge in [-0.1, -0.05) is 56.0 Å². The van der Waals surface area contributed by atoms with Crippen LogP contribution < -0.4 is 5.73 Å². The largest absolute Gasteiger partial charge is 0.366 e. The quantitative estimate of drug-likeness (QED) is 0.874. The van der Waals surface area contributed by atoms with Gasteiger partial charge in [0.2, 0.25) is 5.91 Å². The summed E-state index contributed by atoms with van der Waals surface area (Å²) in [4.78, 5) is 11.7. The number of amides is 1. The predicted octanol–water partition coefficient (Wildman–Crippen LogP) is 3.26. The predicted molar refractivity (Wildman–Crippen MR) is 82.7 cm³/mol. The Kier molecular flexibility index (Phi) is 2.94. The van der Waals surface area contributed by atoms with Crippen molar-refractivity contribution < 1.29 is 4.79 Å². The van der Waals surface area contributed by atoms with Crippen LogP contribution in [0.1, 0.15) is 23.6 Å². The molecule has 0 spiro atoms. The van der Waals surface area contributed by atoms with Gasteiger partial charge in [-0.2, -0.15) is 0 Å². The van der Waals surface area contributed by atoms with Gasteiger partial charge in [-0.15, -0.1) is 0 Å². The van der Waals surface area contributed by atoms with Crippen LogP contribution in [-0.2, 0) is 11.2 Å². The number of hydrogen-bond acceptors (Lipinski definition) is 1. The lowest BCUT2D eigenvalue weighted by Gasteiger charge is -2.23. The van der Waals surface area contributed by atoms with Crippen LogP contribution in [0, 0.1) is 5.92 Å². The molecule has 20 heavy (non-hydrogen) atoms. The molecule has 2 N–H and O–H groups in total. The van der Waals surface area contributed by atoms with E-state index in [-0.39, 0.29) is 5.92 Å². The lowest BCUT2D eigenvalue weighted by molar-refractivity contribution is -0.114. The van der Waals surface area contributed by atoms with Gasteiger partial charge in [0.05, 0.1) is 0 Å². The second kappa shape index (κ2) is 4.64. The van der Waals surface area contributed by atoms with Gasteiger partial charge in [-0.05, 0) is 40.2 Å². The van der Waals surface area contributed by atoms with Crippen LogP contribution in [-0.4, -0.2) is 5.91 Å². The van der Waals surface area contributed by atoms with Crippen molar-refractivity contribution >= 4 is 17.6 Å². The van der Waals surface area contributed by atoms with Crippen molar-refractivity contribution in [3.8, 4) is 0 Å². The van der Waals surface area contributed by atoms with Crippen LogP contribution in [0.15, 0.2) is 54.2 Å². The lowest BCUT2D eigenvalue weighted by Crippen LogP contribution is -2.18. The first kappa shape index (κ1) is 12.7. The highest BCUT2D eigenvalue weighted by atomic mass is 16.1. The zero-order valence-electron chi connectivity index (χ0n) is 11.5. The molecule has 0 saturated carbocycles. The molecule has 1 amide bonds. The Labute approximate surface area is 119 Å². The maximum atomic E-state index is 11.7. The molecule has 1 aromatic rings. The molecule has 0 radical (unpaired) electrons. The molecule has 0 aliphatic heterocycles. The highest BCUT2D eigenvalue weighted by Gasteiger charge is 2.24. The second-order valence-corrected chi connectivity index (χ2v) is 5.31. The number of carbonyl (C=O) groups is 1. The van der Waals surface area contributed by atoms with E-state index in [4.69, 9.17) is 5.73 Å². The summed E-state index contributed by atoms with van der Waals surface area (Å²) in [5, 5.41) is 0. The fourth-order valence-corrected chi connectivity index (χ4v) is 2.87. The number of rotatable bonds is 2. The van der Waals surface area contributed by atoms with Crippen LogP contribution in [0.25, 0.3) is 11.6 Å². The molecule has 2 aliphatic rings. The van der Waals surface area contributed by atoms with Crippen molar-refractivity contribution in [2.45, 2.75) is 13.3 Å². The highest BCUT2D eigenvalue weighted by molar-refractivity contribution is 6.08. The Bertz CT molecular complexity index is 704. The standard InChI is InChI=1S/C18H17NO/c1-11-9-10-16(18(19)20)17(12(11)2)15-8-4-6-13-5-3-7-14(13)15/h3-4,6-11H,2,5H2,1H3,(H2,19,20). The third-order valence-corrected chi connectivity index (χ3v) is 4.05. The molecule has 0 saturated heterocycles. The fraction of sp³-hybridized carbons (Fsp3) is 0.167. The van der Waals surface area contributed by atoms with Crippen LogP contribution in [0.3, 0.4) is 0 Å². The van der Waals surface area contributed by atoms with Gasteiger partial charge in [0.25, 0.3) is 0 Å². The van der Waals surface area contributed by atoms with E-state index >= 15 is 0 Å². The molecule has 1 unspecified atom stereocenters. The number of hydrogen-bond donors (Lipinski definition) is 1. The van der Waals surface area contributed by atoms with Gasteiger partial charge in [-0.3, -0.25) is 4.79 Å². The second-order valence-electron chi connectivity index (χ2n) is 5.31. The molecule has 0 bridgehead atoms. The molecular weight excluding hydrogens is 246 g/mol. The maximum absolute atomic E-state index is 11.7. The Balaban J connectivity index is 2.27. The van der Waals surface area contributed by atoms with Gasteiger partial charge in [0, 0.05) is 5.57 Å². The first-order chi connectivity index (χ1) is 9.59. The Morgan fingerprint density at radius 1 is 1.35 bits per heavy atom. The van der Waals surface area contributed by atoms with Gasteiger partial charge >= 0.3 is 0 Å². The molecule has 2 aliphatic carbocycles. The number of benzene rings is 1. The Hall–Kier alpha value is -2.35. The molecule has 100 valence electrons. The third kappa shape index (κ3) is 1.85. The van der Waals surface area contributed by atoms with Crippen LogP contribution in [0.5, 0.6) is 0 Å². The van der Waals surface area contributed by atoms with Crippen molar-refractivity contribution in [2.24, 2.45) is 11.7 Å². The first-order valence-electron chi connectivity index (χ1n) is 6.80.